The van der Waals surface area contributed by atoms with Crippen LogP contribution in [0.1, 0.15) is 91.8 Å². The fraction of sp³-hybridized carbons (Fsp3) is 0.479. The van der Waals surface area contributed by atoms with Gasteiger partial charge in [0.1, 0.15) is 24.0 Å². The Labute approximate surface area is 376 Å². The van der Waals surface area contributed by atoms with E-state index in [-0.39, 0.29) is 24.1 Å². The highest BCUT2D eigenvalue weighted by Crippen LogP contribution is 2.45. The van der Waals surface area contributed by atoms with Crippen LogP contribution in [0.4, 0.5) is 28.8 Å². The Morgan fingerprint density at radius 1 is 0.921 bits per heavy atom. The summed E-state index contributed by atoms with van der Waals surface area (Å²) in [5, 5.41) is 10.1. The van der Waals surface area contributed by atoms with Crippen LogP contribution in [0.25, 0.3) is 0 Å². The van der Waals surface area contributed by atoms with Crippen LogP contribution < -0.4 is 30.9 Å². The highest BCUT2D eigenvalue weighted by Gasteiger charge is 2.40. The average molecular weight is 895 g/mol. The molecule has 0 radical (unpaired) electrons. The molecule has 4 aliphatic heterocycles. The van der Waals surface area contributed by atoms with Gasteiger partial charge in [-0.1, -0.05) is 49.2 Å². The molecule has 1 atom stereocenters. The van der Waals surface area contributed by atoms with Crippen molar-refractivity contribution in [3.8, 4) is 5.75 Å². The van der Waals surface area contributed by atoms with Crippen LogP contribution in [0.2, 0.25) is 5.02 Å². The number of carbonyl (C=O) groups is 3. The minimum absolute atomic E-state index is 0.106. The van der Waals surface area contributed by atoms with Crippen molar-refractivity contribution in [2.24, 2.45) is 5.41 Å². The van der Waals surface area contributed by atoms with Crippen molar-refractivity contribution in [2.75, 3.05) is 68.7 Å². The number of fused-ring (bicyclic) bond motifs is 1. The number of methoxy groups -OCH3 is 1. The van der Waals surface area contributed by atoms with E-state index in [1.54, 1.807) is 31.5 Å². The second kappa shape index (κ2) is 19.0. The number of ether oxygens (including phenoxy) is 1. The van der Waals surface area contributed by atoms with Crippen LogP contribution in [0, 0.1) is 5.41 Å². The highest BCUT2D eigenvalue weighted by molar-refractivity contribution is 7.70. The molecular formula is C48H60ClN8O5P. The number of hydrogen-bond acceptors (Lipinski definition) is 11. The molecule has 63 heavy (non-hydrogen) atoms. The van der Waals surface area contributed by atoms with E-state index in [1.165, 1.54) is 42.5 Å². The summed E-state index contributed by atoms with van der Waals surface area (Å²) in [6.07, 6.45) is 12.2. The Morgan fingerprint density at radius 3 is 2.41 bits per heavy atom. The summed E-state index contributed by atoms with van der Waals surface area (Å²) in [6.45, 7) is 11.5. The molecule has 3 N–H and O–H groups in total. The third-order valence-corrected chi connectivity index (χ3v) is 15.5. The number of carbonyl (C=O) groups excluding carboxylic acids is 3. The molecule has 5 heterocycles. The van der Waals surface area contributed by atoms with Crippen LogP contribution in [0.5, 0.6) is 5.75 Å². The number of amides is 3. The first-order chi connectivity index (χ1) is 30.3. The predicted molar refractivity (Wildman–Crippen MR) is 251 cm³/mol. The summed E-state index contributed by atoms with van der Waals surface area (Å²) in [7, 11) is -0.864. The first-order valence-electron chi connectivity index (χ1n) is 22.5. The van der Waals surface area contributed by atoms with Gasteiger partial charge in [-0.25, -0.2) is 4.98 Å². The quantitative estimate of drug-likeness (QED) is 0.0602. The molecule has 3 aromatic carbocycles. The molecule has 13 nitrogen and oxygen atoms in total. The highest BCUT2D eigenvalue weighted by atomic mass is 35.5. The SMILES string of the molecule is CCc1cc(Nc2ncc(Cl)c(Nc3ccccc3P(C)(C)=O)n2)c(OC)cc1N1CCC2(CCN(CCCCCc3cccc4c3CN(C3CCC(=O)NC3=O)C4=O)CC2)CC1. The van der Waals surface area contributed by atoms with Crippen molar-refractivity contribution in [1.82, 2.24) is 25.1 Å². The van der Waals surface area contributed by atoms with Gasteiger partial charge in [0.15, 0.2) is 5.82 Å². The number of halogens is 1. The Balaban J connectivity index is 0.809. The largest absolute Gasteiger partial charge is 0.494 e. The average Bonchev–Trinajstić information content (AvgIpc) is 3.61. The minimum atomic E-state index is -2.55. The molecule has 8 rings (SSSR count). The van der Waals surface area contributed by atoms with Crippen LogP contribution in [0.3, 0.4) is 0 Å². The van der Waals surface area contributed by atoms with E-state index in [9.17, 15) is 18.9 Å². The molecule has 0 aliphatic carbocycles. The van der Waals surface area contributed by atoms with Crippen molar-refractivity contribution in [3.05, 3.63) is 88.1 Å². The van der Waals surface area contributed by atoms with Gasteiger partial charge >= 0.3 is 0 Å². The molecule has 1 spiro atoms. The Morgan fingerprint density at radius 2 is 1.68 bits per heavy atom. The summed E-state index contributed by atoms with van der Waals surface area (Å²) in [4.78, 5) is 53.4. The number of aryl methyl sites for hydroxylation is 2. The van der Waals surface area contributed by atoms with Crippen molar-refractivity contribution in [1.29, 1.82) is 0 Å². The molecule has 1 unspecified atom stereocenters. The van der Waals surface area contributed by atoms with Crippen molar-refractivity contribution < 1.29 is 23.7 Å². The first-order valence-corrected chi connectivity index (χ1v) is 25.5. The molecular weight excluding hydrogens is 835 g/mol. The number of hydrogen-bond donors (Lipinski definition) is 3. The minimum Gasteiger partial charge on any atom is -0.494 e. The predicted octanol–water partition coefficient (Wildman–Crippen LogP) is 8.29. The van der Waals surface area contributed by atoms with Gasteiger partial charge in [-0.3, -0.25) is 19.7 Å². The fourth-order valence-electron chi connectivity index (χ4n) is 9.95. The molecule has 4 aliphatic rings. The molecule has 4 aromatic rings. The number of imide groups is 1. The number of nitrogens with one attached hydrogen (secondary N) is 3. The Hall–Kier alpha value is -4.97. The molecule has 3 fully saturated rings. The second-order valence-corrected chi connectivity index (χ2v) is 21.6. The summed E-state index contributed by atoms with van der Waals surface area (Å²) < 4.78 is 18.9. The number of aromatic nitrogens is 2. The molecule has 3 saturated heterocycles. The summed E-state index contributed by atoms with van der Waals surface area (Å²) >= 11 is 6.54. The third-order valence-electron chi connectivity index (χ3n) is 13.7. The normalized spacial score (nSPS) is 19.0. The van der Waals surface area contributed by atoms with Crippen molar-refractivity contribution >= 4 is 70.6 Å². The molecule has 15 heteroatoms. The van der Waals surface area contributed by atoms with Gasteiger partial charge in [-0.15, -0.1) is 0 Å². The lowest BCUT2D eigenvalue weighted by molar-refractivity contribution is -0.136. The standard InChI is InChI=1S/C48H60ClN8O5P/c1-5-32-28-38(52-47-50-30-36(49)44(54-47)51-37-15-8-9-16-42(37)63(3,4)61)41(62-2)29-40(32)56-26-21-48(22-27-56)19-24-55(25-20-48)23-10-6-7-12-33-13-11-14-34-35(33)31-57(46(34)60)39-17-18-43(58)53-45(39)59/h8-9,11,13-16,28-30,39H,5-7,10,12,17-27,31H2,1-4H3,(H,53,58,59)(H2,50,51,52,54). The van der Waals surface area contributed by atoms with E-state index >= 15 is 0 Å². The van der Waals surface area contributed by atoms with Crippen molar-refractivity contribution in [3.63, 3.8) is 0 Å². The zero-order valence-corrected chi connectivity index (χ0v) is 38.6. The van der Waals surface area contributed by atoms with Crippen LogP contribution in [-0.4, -0.2) is 96.7 Å². The van der Waals surface area contributed by atoms with Crippen LogP contribution in [-0.2, 0) is 33.5 Å². The van der Waals surface area contributed by atoms with Gasteiger partial charge in [0.05, 0.1) is 24.7 Å². The van der Waals surface area contributed by atoms with E-state index in [1.807, 2.05) is 36.4 Å². The lowest BCUT2D eigenvalue weighted by atomic mass is 9.71. The topological polar surface area (TPSA) is 149 Å². The molecule has 0 bridgehead atoms. The summed E-state index contributed by atoms with van der Waals surface area (Å²) in [5.74, 6) is 0.756. The number of para-hydroxylation sites is 1. The number of benzene rings is 3. The molecule has 0 saturated carbocycles. The van der Waals surface area contributed by atoms with E-state index < -0.39 is 13.2 Å². The van der Waals surface area contributed by atoms with E-state index in [0.29, 0.717) is 52.2 Å². The van der Waals surface area contributed by atoms with E-state index in [2.05, 4.69) is 55.9 Å². The molecule has 1 aromatic heterocycles. The molecule has 334 valence electrons. The number of piperidine rings is 3. The maximum Gasteiger partial charge on any atom is 0.255 e. The number of rotatable bonds is 15. The van der Waals surface area contributed by atoms with E-state index in [4.69, 9.17) is 21.3 Å². The maximum absolute atomic E-state index is 13.2. The van der Waals surface area contributed by atoms with Gasteiger partial charge in [0.25, 0.3) is 5.91 Å². The maximum atomic E-state index is 13.2. The second-order valence-electron chi connectivity index (χ2n) is 18.0. The number of anilines is 5. The number of likely N-dealkylation sites (tertiary alicyclic amines) is 1. The fourth-order valence-corrected chi connectivity index (χ4v) is 11.2. The van der Waals surface area contributed by atoms with Crippen LogP contribution in [0.15, 0.2) is 60.8 Å². The van der Waals surface area contributed by atoms with Crippen molar-refractivity contribution in [2.45, 2.75) is 90.1 Å². The zero-order chi connectivity index (χ0) is 44.3. The number of unbranched alkanes of at least 4 members (excludes halogenated alkanes) is 2. The monoisotopic (exact) mass is 894 g/mol. The van der Waals surface area contributed by atoms with Gasteiger partial charge in [0, 0.05) is 48.7 Å². The van der Waals surface area contributed by atoms with Gasteiger partial charge in [0.2, 0.25) is 17.8 Å². The van der Waals surface area contributed by atoms with E-state index in [0.717, 1.165) is 81.4 Å². The number of nitrogens with zero attached hydrogens (tertiary/aromatic N) is 5. The van der Waals surface area contributed by atoms with Gasteiger partial charge in [-0.05, 0) is 137 Å². The summed E-state index contributed by atoms with van der Waals surface area (Å²) in [6, 6.07) is 17.1. The lowest BCUT2D eigenvalue weighted by Crippen LogP contribution is -2.52. The lowest BCUT2D eigenvalue weighted by Gasteiger charge is -2.47. The Bertz CT molecular complexity index is 2410. The third kappa shape index (κ3) is 9.91. The zero-order valence-electron chi connectivity index (χ0n) is 37.0. The summed E-state index contributed by atoms with van der Waals surface area (Å²) in [5.41, 5.74) is 7.23. The van der Waals surface area contributed by atoms with Gasteiger partial charge in [-0.2, -0.15) is 4.98 Å². The first kappa shape index (κ1) is 44.6. The molecule has 3 amide bonds. The van der Waals surface area contributed by atoms with Gasteiger partial charge < -0.3 is 34.6 Å². The Kier molecular flexibility index (Phi) is 13.5. The van der Waals surface area contributed by atoms with Crippen LogP contribution >= 0.6 is 18.7 Å². The smallest absolute Gasteiger partial charge is 0.255 e.